The van der Waals surface area contributed by atoms with E-state index in [1.807, 2.05) is 31.2 Å². The molecule has 1 saturated carbocycles. The molecule has 0 aliphatic heterocycles. The van der Waals surface area contributed by atoms with Crippen LogP contribution in [0.15, 0.2) is 29.3 Å². The van der Waals surface area contributed by atoms with Gasteiger partial charge in [-0.1, -0.05) is 25.0 Å². The second kappa shape index (κ2) is 9.18. The van der Waals surface area contributed by atoms with Gasteiger partial charge in [-0.05, 0) is 44.4 Å². The number of guanidine groups is 1. The first kappa shape index (κ1) is 17.3. The van der Waals surface area contributed by atoms with Gasteiger partial charge in [-0.2, -0.15) is 0 Å². The molecule has 0 atom stereocenters. The van der Waals surface area contributed by atoms with Crippen LogP contribution in [0.5, 0.6) is 0 Å². The molecule has 0 spiro atoms. The predicted molar refractivity (Wildman–Crippen MR) is 94.7 cm³/mol. The van der Waals surface area contributed by atoms with Gasteiger partial charge in [-0.15, -0.1) is 0 Å². The Bertz CT molecular complexity index is 518. The second-order valence-corrected chi connectivity index (χ2v) is 5.88. The number of amides is 1. The highest BCUT2D eigenvalue weighted by Gasteiger charge is 2.15. The molecule has 126 valence electrons. The van der Waals surface area contributed by atoms with Crippen LogP contribution in [0.3, 0.4) is 0 Å². The van der Waals surface area contributed by atoms with Crippen molar-refractivity contribution in [2.24, 2.45) is 4.99 Å². The molecule has 5 nitrogen and oxygen atoms in total. The lowest BCUT2D eigenvalue weighted by Gasteiger charge is -2.16. The lowest BCUT2D eigenvalue weighted by Crippen LogP contribution is -2.42. The number of carbonyl (C=O) groups is 1. The SMILES string of the molecule is CCNC(=O)c1ccc(CN=C(NCC)NC2CCCC2)cc1. The third-order valence-corrected chi connectivity index (χ3v) is 4.01. The monoisotopic (exact) mass is 316 g/mol. The minimum atomic E-state index is -0.0289. The van der Waals surface area contributed by atoms with Crippen LogP contribution in [-0.2, 0) is 6.54 Å². The maximum Gasteiger partial charge on any atom is 0.251 e. The number of rotatable bonds is 6. The lowest BCUT2D eigenvalue weighted by molar-refractivity contribution is 0.0956. The summed E-state index contributed by atoms with van der Waals surface area (Å²) in [6.07, 6.45) is 5.06. The highest BCUT2D eigenvalue weighted by atomic mass is 16.1. The molecule has 2 rings (SSSR count). The molecule has 5 heteroatoms. The largest absolute Gasteiger partial charge is 0.357 e. The zero-order valence-electron chi connectivity index (χ0n) is 14.2. The van der Waals surface area contributed by atoms with Gasteiger partial charge in [0.1, 0.15) is 0 Å². The van der Waals surface area contributed by atoms with Gasteiger partial charge in [0.05, 0.1) is 6.54 Å². The first-order chi connectivity index (χ1) is 11.2. The summed E-state index contributed by atoms with van der Waals surface area (Å²) in [7, 11) is 0. The molecule has 0 aromatic heterocycles. The Kier molecular flexibility index (Phi) is 6.91. The molecule has 1 aromatic carbocycles. The van der Waals surface area contributed by atoms with E-state index in [1.165, 1.54) is 25.7 Å². The normalized spacial score (nSPS) is 15.5. The highest BCUT2D eigenvalue weighted by Crippen LogP contribution is 2.17. The zero-order chi connectivity index (χ0) is 16.5. The number of nitrogens with zero attached hydrogens (tertiary/aromatic N) is 1. The lowest BCUT2D eigenvalue weighted by atomic mass is 10.1. The van der Waals surface area contributed by atoms with Gasteiger partial charge in [0.25, 0.3) is 5.91 Å². The van der Waals surface area contributed by atoms with Gasteiger partial charge in [0, 0.05) is 24.7 Å². The van der Waals surface area contributed by atoms with Crippen molar-refractivity contribution < 1.29 is 4.79 Å². The molecule has 1 aromatic rings. The molecule has 0 saturated heterocycles. The fraction of sp³-hybridized carbons (Fsp3) is 0.556. The van der Waals surface area contributed by atoms with E-state index < -0.39 is 0 Å². The summed E-state index contributed by atoms with van der Waals surface area (Å²) in [4.78, 5) is 16.4. The number of hydrogen-bond acceptors (Lipinski definition) is 2. The summed E-state index contributed by atoms with van der Waals surface area (Å²) >= 11 is 0. The summed E-state index contributed by atoms with van der Waals surface area (Å²) < 4.78 is 0. The minimum absolute atomic E-state index is 0.0289. The standard InChI is InChI=1S/C18H28N4O/c1-3-19-17(23)15-11-9-14(10-12-15)13-21-18(20-4-2)22-16-7-5-6-8-16/h9-12,16H,3-8,13H2,1-2H3,(H,19,23)(H2,20,21,22). The quantitative estimate of drug-likeness (QED) is 0.558. The summed E-state index contributed by atoms with van der Waals surface area (Å²) in [6.45, 7) is 6.10. The summed E-state index contributed by atoms with van der Waals surface area (Å²) in [5.41, 5.74) is 1.79. The molecule has 1 aliphatic rings. The van der Waals surface area contributed by atoms with Crippen molar-refractivity contribution in [1.82, 2.24) is 16.0 Å². The van der Waals surface area contributed by atoms with E-state index in [9.17, 15) is 4.79 Å². The van der Waals surface area contributed by atoms with Crippen molar-refractivity contribution in [3.8, 4) is 0 Å². The number of benzene rings is 1. The van der Waals surface area contributed by atoms with Crippen LogP contribution in [0.4, 0.5) is 0 Å². The first-order valence-electron chi connectivity index (χ1n) is 8.65. The van der Waals surface area contributed by atoms with E-state index in [4.69, 9.17) is 0 Å². The van der Waals surface area contributed by atoms with Gasteiger partial charge in [-0.25, -0.2) is 4.99 Å². The van der Waals surface area contributed by atoms with E-state index in [-0.39, 0.29) is 5.91 Å². The number of carbonyl (C=O) groups excluding carboxylic acids is 1. The van der Waals surface area contributed by atoms with Gasteiger partial charge < -0.3 is 16.0 Å². The topological polar surface area (TPSA) is 65.5 Å². The zero-order valence-corrected chi connectivity index (χ0v) is 14.2. The van der Waals surface area contributed by atoms with Crippen molar-refractivity contribution in [3.63, 3.8) is 0 Å². The average Bonchev–Trinajstić information content (AvgIpc) is 3.06. The van der Waals surface area contributed by atoms with Gasteiger partial charge in [0.15, 0.2) is 5.96 Å². The van der Waals surface area contributed by atoms with Crippen molar-refractivity contribution in [2.45, 2.75) is 52.1 Å². The molecule has 3 N–H and O–H groups in total. The molecular weight excluding hydrogens is 288 g/mol. The molecule has 0 heterocycles. The van der Waals surface area contributed by atoms with Crippen molar-refractivity contribution in [2.75, 3.05) is 13.1 Å². The third-order valence-electron chi connectivity index (χ3n) is 4.01. The van der Waals surface area contributed by atoms with Crippen molar-refractivity contribution in [3.05, 3.63) is 35.4 Å². The average molecular weight is 316 g/mol. The number of nitrogens with one attached hydrogen (secondary N) is 3. The molecule has 0 radical (unpaired) electrons. The summed E-state index contributed by atoms with van der Waals surface area (Å²) in [6, 6.07) is 8.19. The van der Waals surface area contributed by atoms with Crippen LogP contribution in [0.25, 0.3) is 0 Å². The fourth-order valence-electron chi connectivity index (χ4n) is 2.78. The highest BCUT2D eigenvalue weighted by molar-refractivity contribution is 5.94. The molecule has 1 amide bonds. The van der Waals surface area contributed by atoms with Crippen LogP contribution >= 0.6 is 0 Å². The Morgan fingerprint density at radius 1 is 1.09 bits per heavy atom. The second-order valence-electron chi connectivity index (χ2n) is 5.88. The van der Waals surface area contributed by atoms with E-state index in [0.29, 0.717) is 24.7 Å². The van der Waals surface area contributed by atoms with Crippen LogP contribution in [0.2, 0.25) is 0 Å². The van der Waals surface area contributed by atoms with Gasteiger partial charge in [0.2, 0.25) is 0 Å². The molecular formula is C18H28N4O. The Hall–Kier alpha value is -2.04. The Balaban J connectivity index is 1.93. The van der Waals surface area contributed by atoms with E-state index in [0.717, 1.165) is 18.1 Å². The van der Waals surface area contributed by atoms with E-state index in [2.05, 4.69) is 27.9 Å². The number of hydrogen-bond donors (Lipinski definition) is 3. The maximum atomic E-state index is 11.7. The van der Waals surface area contributed by atoms with Crippen molar-refractivity contribution in [1.29, 1.82) is 0 Å². The van der Waals surface area contributed by atoms with E-state index >= 15 is 0 Å². The van der Waals surface area contributed by atoms with Crippen LogP contribution in [-0.4, -0.2) is 31.0 Å². The Morgan fingerprint density at radius 2 is 1.74 bits per heavy atom. The summed E-state index contributed by atoms with van der Waals surface area (Å²) in [5, 5.41) is 9.61. The van der Waals surface area contributed by atoms with Crippen LogP contribution in [0.1, 0.15) is 55.5 Å². The minimum Gasteiger partial charge on any atom is -0.357 e. The number of aliphatic imine (C=N–C) groups is 1. The Morgan fingerprint density at radius 3 is 2.35 bits per heavy atom. The molecule has 1 fully saturated rings. The molecule has 0 bridgehead atoms. The first-order valence-corrected chi connectivity index (χ1v) is 8.65. The third kappa shape index (κ3) is 5.58. The van der Waals surface area contributed by atoms with Gasteiger partial charge in [-0.3, -0.25) is 4.79 Å². The summed E-state index contributed by atoms with van der Waals surface area (Å²) in [5.74, 6) is 0.853. The van der Waals surface area contributed by atoms with Gasteiger partial charge >= 0.3 is 0 Å². The van der Waals surface area contributed by atoms with Crippen LogP contribution < -0.4 is 16.0 Å². The maximum absolute atomic E-state index is 11.7. The molecule has 0 unspecified atom stereocenters. The smallest absolute Gasteiger partial charge is 0.251 e. The molecule has 23 heavy (non-hydrogen) atoms. The molecule has 1 aliphatic carbocycles. The van der Waals surface area contributed by atoms with Crippen LogP contribution in [0, 0.1) is 0 Å². The predicted octanol–water partition coefficient (Wildman–Crippen LogP) is 2.43. The fourth-order valence-corrected chi connectivity index (χ4v) is 2.78. The van der Waals surface area contributed by atoms with Crippen molar-refractivity contribution >= 4 is 11.9 Å². The van der Waals surface area contributed by atoms with E-state index in [1.54, 1.807) is 0 Å². The Labute approximate surface area is 139 Å².